The lowest BCUT2D eigenvalue weighted by Gasteiger charge is -2.09. The number of halogens is 4. The number of nitrogens with zero attached hydrogens (tertiary/aromatic N) is 2. The summed E-state index contributed by atoms with van der Waals surface area (Å²) < 4.78 is 54.3. The molecule has 1 aromatic carbocycles. The van der Waals surface area contributed by atoms with Gasteiger partial charge in [0.1, 0.15) is 17.5 Å². The van der Waals surface area contributed by atoms with E-state index in [9.17, 15) is 17.6 Å². The SMILES string of the molecule is Cn1cc(CNc2c(F)c(F)cc(F)c2F)cc1C#N. The van der Waals surface area contributed by atoms with Crippen molar-refractivity contribution in [2.45, 2.75) is 6.54 Å². The first-order valence-corrected chi connectivity index (χ1v) is 5.56. The Morgan fingerprint density at radius 1 is 1.15 bits per heavy atom. The van der Waals surface area contributed by atoms with E-state index in [-0.39, 0.29) is 12.6 Å². The number of aromatic nitrogens is 1. The molecule has 0 aliphatic carbocycles. The molecule has 104 valence electrons. The fraction of sp³-hybridized carbons (Fsp3) is 0.154. The van der Waals surface area contributed by atoms with Crippen molar-refractivity contribution in [2.24, 2.45) is 7.05 Å². The van der Waals surface area contributed by atoms with Gasteiger partial charge in [-0.1, -0.05) is 0 Å². The van der Waals surface area contributed by atoms with Gasteiger partial charge in [-0.15, -0.1) is 0 Å². The van der Waals surface area contributed by atoms with Gasteiger partial charge in [0, 0.05) is 25.9 Å². The largest absolute Gasteiger partial charge is 0.376 e. The molecule has 0 atom stereocenters. The van der Waals surface area contributed by atoms with Gasteiger partial charge in [-0.05, 0) is 11.6 Å². The summed E-state index contributed by atoms with van der Waals surface area (Å²) in [5.74, 6) is -5.92. The molecule has 1 N–H and O–H groups in total. The van der Waals surface area contributed by atoms with Crippen LogP contribution in [-0.2, 0) is 13.6 Å². The third kappa shape index (κ3) is 2.45. The number of benzene rings is 1. The first-order chi connectivity index (χ1) is 9.43. The Morgan fingerprint density at radius 2 is 1.75 bits per heavy atom. The summed E-state index contributed by atoms with van der Waals surface area (Å²) >= 11 is 0. The van der Waals surface area contributed by atoms with Gasteiger partial charge in [-0.25, -0.2) is 17.6 Å². The van der Waals surface area contributed by atoms with Gasteiger partial charge in [0.25, 0.3) is 0 Å². The van der Waals surface area contributed by atoms with E-state index in [1.807, 2.05) is 6.07 Å². The highest BCUT2D eigenvalue weighted by Crippen LogP contribution is 2.24. The Balaban J connectivity index is 2.25. The maximum absolute atomic E-state index is 13.4. The molecule has 0 saturated carbocycles. The summed E-state index contributed by atoms with van der Waals surface area (Å²) in [6.45, 7) is -0.0771. The molecule has 0 saturated heterocycles. The molecule has 20 heavy (non-hydrogen) atoms. The minimum Gasteiger partial charge on any atom is -0.376 e. The molecular formula is C13H9F4N3. The molecule has 0 radical (unpaired) electrons. The first kappa shape index (κ1) is 13.9. The Hall–Kier alpha value is -2.49. The number of hydrogen-bond acceptors (Lipinski definition) is 2. The van der Waals surface area contributed by atoms with Crippen LogP contribution in [0.15, 0.2) is 18.3 Å². The molecule has 3 nitrogen and oxygen atoms in total. The van der Waals surface area contributed by atoms with E-state index in [2.05, 4.69) is 5.32 Å². The molecule has 0 spiro atoms. The molecule has 0 amide bonds. The lowest BCUT2D eigenvalue weighted by atomic mass is 10.2. The van der Waals surface area contributed by atoms with Crippen molar-refractivity contribution in [2.75, 3.05) is 5.32 Å². The summed E-state index contributed by atoms with van der Waals surface area (Å²) in [4.78, 5) is 0. The molecular weight excluding hydrogens is 274 g/mol. The minimum absolute atomic E-state index is 0.0771. The zero-order valence-corrected chi connectivity index (χ0v) is 10.3. The third-order valence-corrected chi connectivity index (χ3v) is 2.76. The van der Waals surface area contributed by atoms with E-state index in [1.165, 1.54) is 10.6 Å². The molecule has 0 unspecified atom stereocenters. The van der Waals surface area contributed by atoms with E-state index in [0.29, 0.717) is 11.3 Å². The van der Waals surface area contributed by atoms with Crippen molar-refractivity contribution >= 4 is 5.69 Å². The van der Waals surface area contributed by atoms with Crippen molar-refractivity contribution in [1.82, 2.24) is 4.57 Å². The van der Waals surface area contributed by atoms with Gasteiger partial charge < -0.3 is 9.88 Å². The van der Waals surface area contributed by atoms with Gasteiger partial charge in [-0.2, -0.15) is 5.26 Å². The van der Waals surface area contributed by atoms with Crippen LogP contribution in [-0.4, -0.2) is 4.57 Å². The Morgan fingerprint density at radius 3 is 2.25 bits per heavy atom. The smallest absolute Gasteiger partial charge is 0.185 e. The summed E-state index contributed by atoms with van der Waals surface area (Å²) in [7, 11) is 1.63. The molecule has 0 aliphatic heterocycles. The van der Waals surface area contributed by atoms with Crippen molar-refractivity contribution in [3.05, 3.63) is 52.9 Å². The number of aryl methyl sites for hydroxylation is 1. The summed E-state index contributed by atoms with van der Waals surface area (Å²) in [5, 5.41) is 11.1. The van der Waals surface area contributed by atoms with E-state index in [0.717, 1.165) is 0 Å². The maximum Gasteiger partial charge on any atom is 0.185 e. The highest BCUT2D eigenvalue weighted by Gasteiger charge is 2.18. The fourth-order valence-corrected chi connectivity index (χ4v) is 1.76. The van der Waals surface area contributed by atoms with Crippen LogP contribution in [0.1, 0.15) is 11.3 Å². The Kier molecular flexibility index (Phi) is 3.66. The quantitative estimate of drug-likeness (QED) is 0.694. The van der Waals surface area contributed by atoms with Gasteiger partial charge in [0.2, 0.25) is 0 Å². The van der Waals surface area contributed by atoms with Crippen LogP contribution >= 0.6 is 0 Å². The zero-order valence-electron chi connectivity index (χ0n) is 10.3. The molecule has 0 bridgehead atoms. The predicted octanol–water partition coefficient (Wildman–Crippen LogP) is 3.07. The van der Waals surface area contributed by atoms with E-state index < -0.39 is 29.0 Å². The van der Waals surface area contributed by atoms with Crippen molar-refractivity contribution in [3.8, 4) is 6.07 Å². The van der Waals surface area contributed by atoms with Gasteiger partial charge >= 0.3 is 0 Å². The molecule has 2 rings (SSSR count). The van der Waals surface area contributed by atoms with Crippen LogP contribution in [0.4, 0.5) is 23.2 Å². The molecule has 0 aliphatic rings. The number of anilines is 1. The molecule has 2 aromatic rings. The highest BCUT2D eigenvalue weighted by atomic mass is 19.2. The average molecular weight is 283 g/mol. The molecule has 0 fully saturated rings. The monoisotopic (exact) mass is 283 g/mol. The maximum atomic E-state index is 13.4. The van der Waals surface area contributed by atoms with E-state index >= 15 is 0 Å². The number of nitrogens with one attached hydrogen (secondary N) is 1. The Bertz CT molecular complexity index is 674. The second kappa shape index (κ2) is 5.25. The van der Waals surface area contributed by atoms with E-state index in [4.69, 9.17) is 5.26 Å². The second-order valence-corrected chi connectivity index (χ2v) is 4.15. The lowest BCUT2D eigenvalue weighted by Crippen LogP contribution is -2.06. The van der Waals surface area contributed by atoms with Crippen molar-refractivity contribution < 1.29 is 17.6 Å². The fourth-order valence-electron chi connectivity index (χ4n) is 1.76. The van der Waals surface area contributed by atoms with E-state index in [1.54, 1.807) is 13.2 Å². The van der Waals surface area contributed by atoms with Gasteiger partial charge in [0.05, 0.1) is 0 Å². The van der Waals surface area contributed by atoms with Crippen LogP contribution in [0, 0.1) is 34.6 Å². The average Bonchev–Trinajstić information content (AvgIpc) is 2.77. The van der Waals surface area contributed by atoms with Crippen LogP contribution in [0.3, 0.4) is 0 Å². The number of nitriles is 1. The lowest BCUT2D eigenvalue weighted by molar-refractivity contribution is 0.458. The van der Waals surface area contributed by atoms with Crippen LogP contribution in [0.25, 0.3) is 0 Å². The highest BCUT2D eigenvalue weighted by molar-refractivity contribution is 5.48. The van der Waals surface area contributed by atoms with Crippen molar-refractivity contribution in [1.29, 1.82) is 5.26 Å². The Labute approximate surface area is 112 Å². The van der Waals surface area contributed by atoms with Gasteiger partial charge in [-0.3, -0.25) is 0 Å². The molecule has 1 aromatic heterocycles. The van der Waals surface area contributed by atoms with Crippen molar-refractivity contribution in [3.63, 3.8) is 0 Å². The van der Waals surface area contributed by atoms with Crippen LogP contribution in [0.2, 0.25) is 0 Å². The van der Waals surface area contributed by atoms with Gasteiger partial charge in [0.15, 0.2) is 23.3 Å². The number of hydrogen-bond donors (Lipinski definition) is 1. The standard InChI is InChI=1S/C13H9F4N3/c1-20-6-7(2-8(20)4-18)5-19-13-11(16)9(14)3-10(15)12(13)17/h2-3,6,19H,5H2,1H3. The topological polar surface area (TPSA) is 40.8 Å². The summed E-state index contributed by atoms with van der Waals surface area (Å²) in [5.41, 5.74) is 0.0329. The predicted molar refractivity (Wildman–Crippen MR) is 63.7 cm³/mol. The minimum atomic E-state index is -1.49. The first-order valence-electron chi connectivity index (χ1n) is 5.56. The normalized spacial score (nSPS) is 10.4. The summed E-state index contributed by atoms with van der Waals surface area (Å²) in [6.07, 6.45) is 1.57. The van der Waals surface area contributed by atoms with Crippen LogP contribution in [0.5, 0.6) is 0 Å². The third-order valence-electron chi connectivity index (χ3n) is 2.76. The number of rotatable bonds is 3. The second-order valence-electron chi connectivity index (χ2n) is 4.15. The van der Waals surface area contributed by atoms with Crippen LogP contribution < -0.4 is 5.32 Å². The zero-order chi connectivity index (χ0) is 14.9. The molecule has 1 heterocycles. The summed E-state index contributed by atoms with van der Waals surface area (Å²) in [6, 6.07) is 3.57. The molecule has 7 heteroatoms.